The molecule has 2 aromatic rings. The van der Waals surface area contributed by atoms with E-state index in [1.165, 1.54) is 11.3 Å². The van der Waals surface area contributed by atoms with Gasteiger partial charge in [-0.05, 0) is 39.4 Å². The van der Waals surface area contributed by atoms with Crippen molar-refractivity contribution in [3.8, 4) is 0 Å². The van der Waals surface area contributed by atoms with Crippen molar-refractivity contribution in [2.75, 3.05) is 7.05 Å². The first kappa shape index (κ1) is 14.1. The second-order valence-corrected chi connectivity index (χ2v) is 6.22. The van der Waals surface area contributed by atoms with Gasteiger partial charge in [0.2, 0.25) is 0 Å². The lowest BCUT2D eigenvalue weighted by atomic mass is 10.1. The Morgan fingerprint density at radius 2 is 2.11 bits per heavy atom. The van der Waals surface area contributed by atoms with Gasteiger partial charge in [0.05, 0.1) is 6.54 Å². The quantitative estimate of drug-likeness (QED) is 0.842. The van der Waals surface area contributed by atoms with Gasteiger partial charge < -0.3 is 0 Å². The topological polar surface area (TPSA) is 41.9 Å². The first-order valence-electron chi connectivity index (χ1n) is 6.46. The van der Waals surface area contributed by atoms with E-state index in [1.54, 1.807) is 11.3 Å². The normalized spacial score (nSPS) is 12.9. The lowest BCUT2D eigenvalue weighted by Gasteiger charge is -2.23. The van der Waals surface area contributed by atoms with Crippen LogP contribution in [0.2, 0.25) is 0 Å². The first-order valence-corrected chi connectivity index (χ1v) is 7.27. The second kappa shape index (κ2) is 6.21. The van der Waals surface area contributed by atoms with Gasteiger partial charge in [0, 0.05) is 24.4 Å². The van der Waals surface area contributed by atoms with Crippen molar-refractivity contribution >= 4 is 11.3 Å². The first-order chi connectivity index (χ1) is 9.06. The van der Waals surface area contributed by atoms with Crippen LogP contribution in [0.15, 0.2) is 18.3 Å². The Kier molecular flexibility index (Phi) is 4.61. The lowest BCUT2D eigenvalue weighted by molar-refractivity contribution is 0.246. The molecule has 2 heterocycles. The minimum atomic E-state index is 0.429. The highest BCUT2D eigenvalue weighted by atomic mass is 32.1. The third-order valence-electron chi connectivity index (χ3n) is 3.31. The Labute approximate surface area is 118 Å². The van der Waals surface area contributed by atoms with Crippen molar-refractivity contribution in [3.63, 3.8) is 0 Å². The van der Waals surface area contributed by atoms with Crippen LogP contribution in [-0.4, -0.2) is 33.2 Å². The molecule has 0 saturated heterocycles. The van der Waals surface area contributed by atoms with Crippen LogP contribution in [0.3, 0.4) is 0 Å². The number of hydrogen-bond acceptors (Lipinski definition) is 5. The average molecular weight is 276 g/mol. The zero-order valence-electron chi connectivity index (χ0n) is 11.9. The van der Waals surface area contributed by atoms with Crippen LogP contribution in [0.4, 0.5) is 0 Å². The van der Waals surface area contributed by atoms with Crippen LogP contribution >= 0.6 is 11.3 Å². The molecule has 0 amide bonds. The van der Waals surface area contributed by atoms with E-state index in [2.05, 4.69) is 47.0 Å². The summed E-state index contributed by atoms with van der Waals surface area (Å²) in [7, 11) is 2.12. The van der Waals surface area contributed by atoms with Crippen LogP contribution in [0, 0.1) is 13.8 Å². The molecule has 5 heteroatoms. The Bertz CT molecular complexity index is 538. The molecule has 102 valence electrons. The second-order valence-electron chi connectivity index (χ2n) is 4.95. The van der Waals surface area contributed by atoms with Crippen LogP contribution in [-0.2, 0) is 13.0 Å². The monoisotopic (exact) mass is 276 g/mol. The highest BCUT2D eigenvalue weighted by molar-refractivity contribution is 7.11. The van der Waals surface area contributed by atoms with Crippen molar-refractivity contribution < 1.29 is 0 Å². The molecular weight excluding hydrogens is 256 g/mol. The van der Waals surface area contributed by atoms with Gasteiger partial charge >= 0.3 is 0 Å². The summed E-state index contributed by atoms with van der Waals surface area (Å²) in [5.41, 5.74) is 2.44. The summed E-state index contributed by atoms with van der Waals surface area (Å²) >= 11 is 1.66. The maximum absolute atomic E-state index is 4.46. The van der Waals surface area contributed by atoms with Gasteiger partial charge in [0.15, 0.2) is 0 Å². The predicted octanol–water partition coefficient (Wildman–Crippen LogP) is 2.61. The molecule has 0 aliphatic rings. The summed E-state index contributed by atoms with van der Waals surface area (Å²) in [5, 5.41) is 10.3. The van der Waals surface area contributed by atoms with E-state index in [4.69, 9.17) is 0 Å². The lowest BCUT2D eigenvalue weighted by Crippen LogP contribution is -2.30. The fraction of sp³-hybridized carbons (Fsp3) is 0.500. The number of aryl methyl sites for hydroxylation is 2. The minimum absolute atomic E-state index is 0.429. The number of nitrogens with zero attached hydrogens (tertiary/aromatic N) is 4. The van der Waals surface area contributed by atoms with Crippen molar-refractivity contribution in [1.82, 2.24) is 20.1 Å². The molecule has 0 aliphatic carbocycles. The predicted molar refractivity (Wildman–Crippen MR) is 78.3 cm³/mol. The molecule has 19 heavy (non-hydrogen) atoms. The fourth-order valence-electron chi connectivity index (χ4n) is 1.94. The number of pyridine rings is 1. The number of aromatic nitrogens is 3. The molecule has 0 aliphatic heterocycles. The SMILES string of the molecule is Cc1nnc(CN(C)[C@@H](C)Cc2ncccc2C)s1. The highest BCUT2D eigenvalue weighted by Gasteiger charge is 2.14. The van der Waals surface area contributed by atoms with Gasteiger partial charge in [0.1, 0.15) is 10.0 Å². The molecule has 0 radical (unpaired) electrons. The molecule has 4 nitrogen and oxygen atoms in total. The van der Waals surface area contributed by atoms with E-state index in [9.17, 15) is 0 Å². The Hall–Kier alpha value is -1.33. The average Bonchev–Trinajstić information content (AvgIpc) is 2.77. The van der Waals surface area contributed by atoms with E-state index in [1.807, 2.05) is 19.2 Å². The Morgan fingerprint density at radius 3 is 2.74 bits per heavy atom. The minimum Gasteiger partial charge on any atom is -0.297 e. The number of rotatable bonds is 5. The number of likely N-dealkylation sites (N-methyl/N-ethyl adjacent to an activating group) is 1. The Balaban J connectivity index is 1.96. The van der Waals surface area contributed by atoms with Crippen LogP contribution < -0.4 is 0 Å². The van der Waals surface area contributed by atoms with Gasteiger partial charge in [-0.2, -0.15) is 0 Å². The largest absolute Gasteiger partial charge is 0.297 e. The Morgan fingerprint density at radius 1 is 1.32 bits per heavy atom. The summed E-state index contributed by atoms with van der Waals surface area (Å²) in [4.78, 5) is 6.76. The third-order valence-corrected chi connectivity index (χ3v) is 4.14. The van der Waals surface area contributed by atoms with E-state index in [-0.39, 0.29) is 0 Å². The van der Waals surface area contributed by atoms with E-state index in [0.717, 1.165) is 23.0 Å². The molecule has 2 rings (SSSR count). The summed E-state index contributed by atoms with van der Waals surface area (Å²) in [6.07, 6.45) is 2.82. The molecule has 0 bridgehead atoms. The molecule has 0 N–H and O–H groups in total. The molecule has 1 atom stereocenters. The molecule has 0 aromatic carbocycles. The summed E-state index contributed by atoms with van der Waals surface area (Å²) in [6, 6.07) is 4.53. The fourth-order valence-corrected chi connectivity index (χ4v) is 2.71. The van der Waals surface area contributed by atoms with E-state index >= 15 is 0 Å². The number of hydrogen-bond donors (Lipinski definition) is 0. The van der Waals surface area contributed by atoms with Crippen molar-refractivity contribution in [1.29, 1.82) is 0 Å². The molecule has 0 fully saturated rings. The summed E-state index contributed by atoms with van der Waals surface area (Å²) < 4.78 is 0. The maximum atomic E-state index is 4.46. The van der Waals surface area contributed by atoms with Crippen molar-refractivity contribution in [2.24, 2.45) is 0 Å². The smallest absolute Gasteiger partial charge is 0.131 e. The molecule has 2 aromatic heterocycles. The summed E-state index contributed by atoms with van der Waals surface area (Å²) in [6.45, 7) is 7.17. The van der Waals surface area contributed by atoms with Crippen molar-refractivity contribution in [2.45, 2.75) is 39.8 Å². The summed E-state index contributed by atoms with van der Waals surface area (Å²) in [5.74, 6) is 0. The van der Waals surface area contributed by atoms with Gasteiger partial charge in [-0.1, -0.05) is 6.07 Å². The molecule has 0 unspecified atom stereocenters. The van der Waals surface area contributed by atoms with Gasteiger partial charge in [0.25, 0.3) is 0 Å². The van der Waals surface area contributed by atoms with Crippen LogP contribution in [0.5, 0.6) is 0 Å². The third kappa shape index (κ3) is 3.81. The van der Waals surface area contributed by atoms with E-state index in [0.29, 0.717) is 6.04 Å². The van der Waals surface area contributed by atoms with Crippen LogP contribution in [0.25, 0.3) is 0 Å². The van der Waals surface area contributed by atoms with Gasteiger partial charge in [-0.25, -0.2) is 0 Å². The van der Waals surface area contributed by atoms with Crippen LogP contribution in [0.1, 0.15) is 28.2 Å². The molecular formula is C14H20N4S. The highest BCUT2D eigenvalue weighted by Crippen LogP contribution is 2.14. The van der Waals surface area contributed by atoms with Crippen molar-refractivity contribution in [3.05, 3.63) is 39.6 Å². The maximum Gasteiger partial charge on any atom is 0.131 e. The zero-order chi connectivity index (χ0) is 13.8. The standard InChI is InChI=1S/C14H20N4S/c1-10-6-5-7-15-13(10)8-11(2)18(4)9-14-17-16-12(3)19-14/h5-7,11H,8-9H2,1-4H3/t11-/m0/s1. The van der Waals surface area contributed by atoms with Gasteiger partial charge in [-0.15, -0.1) is 21.5 Å². The van der Waals surface area contributed by atoms with Gasteiger partial charge in [-0.3, -0.25) is 9.88 Å². The molecule has 0 saturated carbocycles. The van der Waals surface area contributed by atoms with E-state index < -0.39 is 0 Å². The zero-order valence-corrected chi connectivity index (χ0v) is 12.7. The molecule has 0 spiro atoms.